The summed E-state index contributed by atoms with van der Waals surface area (Å²) in [7, 11) is 0. The Bertz CT molecular complexity index is 710. The molecule has 3 heterocycles. The molecular formula is C18H26N4O2S. The summed E-state index contributed by atoms with van der Waals surface area (Å²) >= 11 is 1.61. The maximum Gasteiger partial charge on any atom is 0.261 e. The minimum Gasteiger partial charge on any atom is -0.351 e. The smallest absolute Gasteiger partial charge is 0.261 e. The lowest BCUT2D eigenvalue weighted by Gasteiger charge is -2.27. The van der Waals surface area contributed by atoms with Crippen LogP contribution >= 0.6 is 11.3 Å². The number of nitrogens with zero attached hydrogens (tertiary/aromatic N) is 3. The first kappa shape index (κ1) is 18.1. The van der Waals surface area contributed by atoms with E-state index in [1.807, 2.05) is 13.0 Å². The third-order valence-corrected chi connectivity index (χ3v) is 5.77. The second kappa shape index (κ2) is 8.10. The highest BCUT2D eigenvalue weighted by Crippen LogP contribution is 2.37. The number of amides is 1. The van der Waals surface area contributed by atoms with E-state index >= 15 is 0 Å². The zero-order valence-electron chi connectivity index (χ0n) is 15.1. The van der Waals surface area contributed by atoms with Crippen molar-refractivity contribution in [1.29, 1.82) is 0 Å². The van der Waals surface area contributed by atoms with E-state index in [1.54, 1.807) is 11.3 Å². The molecule has 7 heteroatoms. The van der Waals surface area contributed by atoms with Crippen LogP contribution in [-0.2, 0) is 12.8 Å². The van der Waals surface area contributed by atoms with Crippen LogP contribution in [0.2, 0.25) is 0 Å². The Kier molecular flexibility index (Phi) is 5.86. The van der Waals surface area contributed by atoms with Crippen molar-refractivity contribution < 1.29 is 9.32 Å². The normalized spacial score (nSPS) is 18.2. The van der Waals surface area contributed by atoms with Crippen LogP contribution < -0.4 is 5.32 Å². The molecule has 0 radical (unpaired) electrons. The quantitative estimate of drug-likeness (QED) is 0.819. The average Bonchev–Trinajstić information content (AvgIpc) is 3.33. The molecule has 6 nitrogen and oxygen atoms in total. The van der Waals surface area contributed by atoms with Crippen molar-refractivity contribution in [3.8, 4) is 0 Å². The largest absolute Gasteiger partial charge is 0.351 e. The molecule has 25 heavy (non-hydrogen) atoms. The van der Waals surface area contributed by atoms with E-state index in [0.29, 0.717) is 36.8 Å². The van der Waals surface area contributed by atoms with Gasteiger partial charge in [-0.2, -0.15) is 4.98 Å². The Balaban J connectivity index is 1.53. The Morgan fingerprint density at radius 1 is 1.48 bits per heavy atom. The van der Waals surface area contributed by atoms with Gasteiger partial charge in [-0.1, -0.05) is 12.1 Å². The molecule has 136 valence electrons. The first-order valence-electron chi connectivity index (χ1n) is 9.03. The number of likely N-dealkylation sites (tertiary alicyclic amines) is 1. The molecule has 3 rings (SSSR count). The van der Waals surface area contributed by atoms with E-state index in [2.05, 4.69) is 40.3 Å². The molecule has 1 amide bonds. The molecule has 1 saturated heterocycles. The van der Waals surface area contributed by atoms with E-state index in [-0.39, 0.29) is 5.91 Å². The summed E-state index contributed by atoms with van der Waals surface area (Å²) in [4.78, 5) is 21.2. The maximum atomic E-state index is 12.4. The van der Waals surface area contributed by atoms with Crippen LogP contribution in [0.15, 0.2) is 16.7 Å². The highest BCUT2D eigenvalue weighted by molar-refractivity contribution is 7.14. The minimum absolute atomic E-state index is 0.0272. The van der Waals surface area contributed by atoms with Gasteiger partial charge in [0.25, 0.3) is 5.91 Å². The first-order chi connectivity index (χ1) is 12.1. The molecule has 1 fully saturated rings. The van der Waals surface area contributed by atoms with E-state index < -0.39 is 0 Å². The summed E-state index contributed by atoms with van der Waals surface area (Å²) in [6.07, 6.45) is 3.71. The van der Waals surface area contributed by atoms with Gasteiger partial charge >= 0.3 is 0 Å². The molecule has 1 aliphatic rings. The number of carbonyl (C=O) groups is 1. The predicted octanol–water partition coefficient (Wildman–Crippen LogP) is 3.21. The van der Waals surface area contributed by atoms with Crippen LogP contribution in [0, 0.1) is 0 Å². The molecule has 0 bridgehead atoms. The summed E-state index contributed by atoms with van der Waals surface area (Å²) < 4.78 is 5.13. The Morgan fingerprint density at radius 3 is 3.04 bits per heavy atom. The van der Waals surface area contributed by atoms with Gasteiger partial charge in [-0.3, -0.25) is 9.69 Å². The molecule has 1 N–H and O–H groups in total. The predicted molar refractivity (Wildman–Crippen MR) is 97.8 cm³/mol. The van der Waals surface area contributed by atoms with Crippen molar-refractivity contribution in [3.05, 3.63) is 33.6 Å². The number of carbonyl (C=O) groups excluding carboxylic acids is 1. The lowest BCUT2D eigenvalue weighted by atomic mass is 10.1. The van der Waals surface area contributed by atoms with E-state index in [0.717, 1.165) is 17.8 Å². The standard InChI is InChI=1S/C18H26N4O2S/c1-4-16-20-17(24-21-16)9-10-19-18(23)15-8-7-14(25-15)13-6-5-11-22(13)12(2)3/h7-8,12-13H,4-6,9-11H2,1-3H3,(H,19,23). The van der Waals surface area contributed by atoms with Gasteiger partial charge in [0.2, 0.25) is 5.89 Å². The van der Waals surface area contributed by atoms with E-state index in [9.17, 15) is 4.79 Å². The van der Waals surface area contributed by atoms with Gasteiger partial charge in [-0.15, -0.1) is 11.3 Å². The summed E-state index contributed by atoms with van der Waals surface area (Å²) in [5.41, 5.74) is 0. The lowest BCUT2D eigenvalue weighted by molar-refractivity contribution is 0.0957. The number of aromatic nitrogens is 2. The third-order valence-electron chi connectivity index (χ3n) is 4.59. The summed E-state index contributed by atoms with van der Waals surface area (Å²) in [6, 6.07) is 5.04. The van der Waals surface area contributed by atoms with Crippen LogP contribution in [0.4, 0.5) is 0 Å². The number of aryl methyl sites for hydroxylation is 1. The number of rotatable bonds is 7. The fraction of sp³-hybridized carbons (Fsp3) is 0.611. The van der Waals surface area contributed by atoms with Crippen LogP contribution in [0.25, 0.3) is 0 Å². The minimum atomic E-state index is -0.0272. The highest BCUT2D eigenvalue weighted by Gasteiger charge is 2.29. The van der Waals surface area contributed by atoms with Gasteiger partial charge < -0.3 is 9.84 Å². The van der Waals surface area contributed by atoms with Crippen LogP contribution in [-0.4, -0.2) is 40.1 Å². The maximum absolute atomic E-state index is 12.4. The van der Waals surface area contributed by atoms with Gasteiger partial charge in [0, 0.05) is 36.3 Å². The van der Waals surface area contributed by atoms with Crippen molar-refractivity contribution in [2.45, 2.75) is 58.5 Å². The molecule has 2 aromatic heterocycles. The van der Waals surface area contributed by atoms with Gasteiger partial charge in [-0.05, 0) is 45.4 Å². The zero-order chi connectivity index (χ0) is 17.8. The van der Waals surface area contributed by atoms with Crippen LogP contribution in [0.1, 0.15) is 65.9 Å². The van der Waals surface area contributed by atoms with Crippen molar-refractivity contribution in [3.63, 3.8) is 0 Å². The zero-order valence-corrected chi connectivity index (χ0v) is 15.9. The van der Waals surface area contributed by atoms with Gasteiger partial charge in [0.05, 0.1) is 4.88 Å². The molecule has 2 aromatic rings. The van der Waals surface area contributed by atoms with E-state index in [4.69, 9.17) is 4.52 Å². The Morgan fingerprint density at radius 2 is 2.32 bits per heavy atom. The van der Waals surface area contributed by atoms with E-state index in [1.165, 1.54) is 17.7 Å². The number of hydrogen-bond donors (Lipinski definition) is 1. The average molecular weight is 362 g/mol. The van der Waals surface area contributed by atoms with Crippen LogP contribution in [0.3, 0.4) is 0 Å². The fourth-order valence-electron chi connectivity index (χ4n) is 3.27. The highest BCUT2D eigenvalue weighted by atomic mass is 32.1. The topological polar surface area (TPSA) is 71.3 Å². The molecule has 0 aliphatic carbocycles. The van der Waals surface area contributed by atoms with Gasteiger partial charge in [0.1, 0.15) is 0 Å². The van der Waals surface area contributed by atoms with Gasteiger partial charge in [-0.25, -0.2) is 0 Å². The molecule has 1 unspecified atom stereocenters. The second-order valence-electron chi connectivity index (χ2n) is 6.66. The van der Waals surface area contributed by atoms with Gasteiger partial charge in [0.15, 0.2) is 5.82 Å². The summed E-state index contributed by atoms with van der Waals surface area (Å²) in [6.45, 7) is 8.10. The van der Waals surface area contributed by atoms with Crippen LogP contribution in [0.5, 0.6) is 0 Å². The van der Waals surface area contributed by atoms with Crippen molar-refractivity contribution in [2.75, 3.05) is 13.1 Å². The molecule has 1 atom stereocenters. The third kappa shape index (κ3) is 4.27. The molecule has 0 aromatic carbocycles. The summed E-state index contributed by atoms with van der Waals surface area (Å²) in [5, 5.41) is 6.80. The molecular weight excluding hydrogens is 336 g/mol. The van der Waals surface area contributed by atoms with Crippen molar-refractivity contribution >= 4 is 17.2 Å². The molecule has 0 saturated carbocycles. The monoisotopic (exact) mass is 362 g/mol. The fourth-order valence-corrected chi connectivity index (χ4v) is 4.35. The number of nitrogens with one attached hydrogen (secondary N) is 1. The second-order valence-corrected chi connectivity index (χ2v) is 7.77. The Labute approximate surface area is 152 Å². The Hall–Kier alpha value is -1.73. The molecule has 0 spiro atoms. The number of thiophene rings is 1. The first-order valence-corrected chi connectivity index (χ1v) is 9.85. The molecule has 1 aliphatic heterocycles. The van der Waals surface area contributed by atoms with Crippen molar-refractivity contribution in [2.24, 2.45) is 0 Å². The SMILES string of the molecule is CCc1noc(CCNC(=O)c2ccc(C3CCCN3C(C)C)s2)n1. The summed E-state index contributed by atoms with van der Waals surface area (Å²) in [5.74, 6) is 1.25. The lowest BCUT2D eigenvalue weighted by Crippen LogP contribution is -2.29. The number of hydrogen-bond acceptors (Lipinski definition) is 6. The van der Waals surface area contributed by atoms with Crippen molar-refractivity contribution in [1.82, 2.24) is 20.4 Å².